The van der Waals surface area contributed by atoms with Crippen LogP contribution < -0.4 is 5.32 Å². The molecule has 0 saturated heterocycles. The second kappa shape index (κ2) is 5.36. The van der Waals surface area contributed by atoms with Crippen LogP contribution >= 0.6 is 12.2 Å². The molecule has 0 amide bonds. The summed E-state index contributed by atoms with van der Waals surface area (Å²) in [6.07, 6.45) is 8.05. The molecule has 70 valence electrons. The highest BCUT2D eigenvalue weighted by Crippen LogP contribution is 2.25. The van der Waals surface area contributed by atoms with Gasteiger partial charge in [-0.25, -0.2) is 0 Å². The molecular formula is C9H17NOS. The highest BCUT2D eigenvalue weighted by atomic mass is 32.1. The van der Waals surface area contributed by atoms with Crippen LogP contribution in [-0.4, -0.2) is 16.8 Å². The van der Waals surface area contributed by atoms with Gasteiger partial charge in [-0.1, -0.05) is 32.1 Å². The van der Waals surface area contributed by atoms with E-state index >= 15 is 0 Å². The minimum Gasteiger partial charge on any atom is -0.487 e. The maximum Gasteiger partial charge on any atom is 0.254 e. The molecule has 1 aliphatic rings. The van der Waals surface area contributed by atoms with Crippen LogP contribution in [0.25, 0.3) is 0 Å². The molecule has 0 spiro atoms. The summed E-state index contributed by atoms with van der Waals surface area (Å²) in [5, 5.41) is 11.4. The van der Waals surface area contributed by atoms with Gasteiger partial charge < -0.3 is 10.4 Å². The van der Waals surface area contributed by atoms with E-state index in [1.54, 1.807) is 0 Å². The van der Waals surface area contributed by atoms with Crippen molar-refractivity contribution in [2.75, 3.05) is 6.54 Å². The van der Waals surface area contributed by atoms with Crippen LogP contribution in [0.5, 0.6) is 0 Å². The first-order valence-electron chi connectivity index (χ1n) is 4.76. The van der Waals surface area contributed by atoms with E-state index < -0.39 is 0 Å². The van der Waals surface area contributed by atoms with Gasteiger partial charge in [0.25, 0.3) is 5.17 Å². The lowest BCUT2D eigenvalue weighted by atomic mass is 9.87. The van der Waals surface area contributed by atoms with E-state index in [1.807, 2.05) is 0 Å². The first-order chi connectivity index (χ1) is 5.79. The van der Waals surface area contributed by atoms with Gasteiger partial charge in [-0.2, -0.15) is 0 Å². The third-order valence-corrected chi connectivity index (χ3v) is 2.70. The topological polar surface area (TPSA) is 32.3 Å². The molecule has 3 heteroatoms. The monoisotopic (exact) mass is 187 g/mol. The highest BCUT2D eigenvalue weighted by Gasteiger charge is 2.12. The zero-order valence-electron chi connectivity index (χ0n) is 7.38. The minimum absolute atomic E-state index is 0.0641. The number of hydrogen-bond donors (Lipinski definition) is 2. The first kappa shape index (κ1) is 9.78. The molecule has 0 heterocycles. The van der Waals surface area contributed by atoms with Crippen LogP contribution in [0.1, 0.15) is 38.5 Å². The summed E-state index contributed by atoms with van der Waals surface area (Å²) in [5.74, 6) is 0.862. The summed E-state index contributed by atoms with van der Waals surface area (Å²) in [6, 6.07) is 0. The zero-order valence-corrected chi connectivity index (χ0v) is 8.20. The smallest absolute Gasteiger partial charge is 0.254 e. The molecular weight excluding hydrogens is 170 g/mol. The van der Waals surface area contributed by atoms with Crippen molar-refractivity contribution in [3.63, 3.8) is 0 Å². The predicted octanol–water partition coefficient (Wildman–Crippen LogP) is 2.39. The van der Waals surface area contributed by atoms with Gasteiger partial charge in [-0.3, -0.25) is 0 Å². The predicted molar refractivity (Wildman–Crippen MR) is 54.4 cm³/mol. The van der Waals surface area contributed by atoms with Crippen molar-refractivity contribution in [3.8, 4) is 0 Å². The molecule has 0 unspecified atom stereocenters. The Kier molecular flexibility index (Phi) is 4.36. The van der Waals surface area contributed by atoms with E-state index in [1.165, 1.54) is 32.1 Å². The van der Waals surface area contributed by atoms with E-state index in [4.69, 9.17) is 5.11 Å². The van der Waals surface area contributed by atoms with E-state index in [0.29, 0.717) is 0 Å². The van der Waals surface area contributed by atoms with E-state index in [-0.39, 0.29) is 5.17 Å². The maximum absolute atomic E-state index is 8.70. The third-order valence-electron chi connectivity index (χ3n) is 2.55. The zero-order chi connectivity index (χ0) is 8.81. The molecule has 0 atom stereocenters. The van der Waals surface area contributed by atoms with Crippen molar-refractivity contribution in [2.24, 2.45) is 5.92 Å². The standard InChI is InChI=1S/C9H17NOS/c11-9(12)10-7-6-8-4-2-1-3-5-8/h8H,1-7H2,(H2,10,11,12). The SMILES string of the molecule is OC(=S)NCCC1CCCCC1. The van der Waals surface area contributed by atoms with Crippen LogP contribution in [0.4, 0.5) is 0 Å². The van der Waals surface area contributed by atoms with Gasteiger partial charge in [0.1, 0.15) is 0 Å². The molecule has 2 nitrogen and oxygen atoms in total. The lowest BCUT2D eigenvalue weighted by molar-refractivity contribution is 0.337. The molecule has 1 saturated carbocycles. The maximum atomic E-state index is 8.70. The highest BCUT2D eigenvalue weighted by molar-refractivity contribution is 7.79. The molecule has 1 rings (SSSR count). The van der Waals surface area contributed by atoms with Crippen LogP contribution in [0.3, 0.4) is 0 Å². The van der Waals surface area contributed by atoms with Crippen LogP contribution in [0.2, 0.25) is 0 Å². The summed E-state index contributed by atoms with van der Waals surface area (Å²) in [4.78, 5) is 0. The number of aliphatic hydroxyl groups excluding tert-OH is 1. The minimum atomic E-state index is -0.0641. The Morgan fingerprint density at radius 3 is 2.58 bits per heavy atom. The van der Waals surface area contributed by atoms with E-state index in [2.05, 4.69) is 17.5 Å². The van der Waals surface area contributed by atoms with Crippen molar-refractivity contribution >= 4 is 17.4 Å². The molecule has 1 aliphatic carbocycles. The molecule has 0 aromatic rings. The molecule has 0 aromatic carbocycles. The second-order valence-electron chi connectivity index (χ2n) is 3.52. The number of hydrogen-bond acceptors (Lipinski definition) is 1. The second-order valence-corrected chi connectivity index (χ2v) is 3.91. The Bertz CT molecular complexity index is 143. The fraction of sp³-hybridized carbons (Fsp3) is 0.889. The van der Waals surface area contributed by atoms with Crippen molar-refractivity contribution in [2.45, 2.75) is 38.5 Å². The number of thiocarbonyl (C=S) groups is 1. The summed E-state index contributed by atoms with van der Waals surface area (Å²) >= 11 is 4.51. The van der Waals surface area contributed by atoms with Crippen molar-refractivity contribution in [3.05, 3.63) is 0 Å². The van der Waals surface area contributed by atoms with Crippen molar-refractivity contribution < 1.29 is 5.11 Å². The summed E-state index contributed by atoms with van der Waals surface area (Å²) in [6.45, 7) is 0.833. The fourth-order valence-corrected chi connectivity index (χ4v) is 1.96. The van der Waals surface area contributed by atoms with Crippen molar-refractivity contribution in [1.29, 1.82) is 0 Å². The molecule has 0 aromatic heterocycles. The summed E-state index contributed by atoms with van der Waals surface area (Å²) in [7, 11) is 0. The van der Waals surface area contributed by atoms with Gasteiger partial charge in [0.15, 0.2) is 0 Å². The number of aliphatic hydroxyl groups is 1. The molecule has 0 radical (unpaired) electrons. The quantitative estimate of drug-likeness (QED) is 0.665. The summed E-state index contributed by atoms with van der Waals surface area (Å²) < 4.78 is 0. The summed E-state index contributed by atoms with van der Waals surface area (Å²) in [5.41, 5.74) is 0. The third kappa shape index (κ3) is 3.90. The van der Waals surface area contributed by atoms with Crippen LogP contribution in [-0.2, 0) is 0 Å². The van der Waals surface area contributed by atoms with E-state index in [9.17, 15) is 0 Å². The Hall–Kier alpha value is -0.310. The lowest BCUT2D eigenvalue weighted by Gasteiger charge is -2.21. The molecule has 1 fully saturated rings. The van der Waals surface area contributed by atoms with Gasteiger partial charge in [0.05, 0.1) is 0 Å². The van der Waals surface area contributed by atoms with Crippen molar-refractivity contribution in [1.82, 2.24) is 5.32 Å². The Morgan fingerprint density at radius 1 is 1.33 bits per heavy atom. The Morgan fingerprint density at radius 2 is 2.00 bits per heavy atom. The van der Waals surface area contributed by atoms with Crippen LogP contribution in [0, 0.1) is 5.92 Å². The van der Waals surface area contributed by atoms with Crippen LogP contribution in [0.15, 0.2) is 0 Å². The number of nitrogens with one attached hydrogen (secondary N) is 1. The molecule has 2 N–H and O–H groups in total. The Balaban J connectivity index is 2.01. The van der Waals surface area contributed by atoms with Gasteiger partial charge in [-0.05, 0) is 24.6 Å². The van der Waals surface area contributed by atoms with E-state index in [0.717, 1.165) is 18.9 Å². The molecule has 0 bridgehead atoms. The molecule has 0 aliphatic heterocycles. The molecule has 12 heavy (non-hydrogen) atoms. The first-order valence-corrected chi connectivity index (χ1v) is 5.16. The largest absolute Gasteiger partial charge is 0.487 e. The lowest BCUT2D eigenvalue weighted by Crippen LogP contribution is -2.24. The normalized spacial score (nSPS) is 19.0. The van der Waals surface area contributed by atoms with Gasteiger partial charge >= 0.3 is 0 Å². The average Bonchev–Trinajstić information content (AvgIpc) is 2.05. The van der Waals surface area contributed by atoms with Gasteiger partial charge in [0.2, 0.25) is 0 Å². The fourth-order valence-electron chi connectivity index (χ4n) is 1.86. The number of rotatable bonds is 3. The van der Waals surface area contributed by atoms with Gasteiger partial charge in [0, 0.05) is 6.54 Å². The van der Waals surface area contributed by atoms with Gasteiger partial charge in [-0.15, -0.1) is 0 Å². The Labute approximate surface area is 79.4 Å². The average molecular weight is 187 g/mol.